The Balaban J connectivity index is 2.03. The van der Waals surface area contributed by atoms with E-state index < -0.39 is 5.97 Å². The van der Waals surface area contributed by atoms with Crippen LogP contribution in [0.3, 0.4) is 0 Å². The van der Waals surface area contributed by atoms with Crippen molar-refractivity contribution in [3.63, 3.8) is 0 Å². The Morgan fingerprint density at radius 1 is 1.39 bits per heavy atom. The van der Waals surface area contributed by atoms with E-state index in [-0.39, 0.29) is 18.0 Å². The Kier molecular flexibility index (Phi) is 3.33. The fourth-order valence-corrected chi connectivity index (χ4v) is 1.37. The quantitative estimate of drug-likeness (QED) is 0.824. The van der Waals surface area contributed by atoms with Gasteiger partial charge in [-0.15, -0.1) is 0 Å². The minimum atomic E-state index is -1.09. The van der Waals surface area contributed by atoms with Gasteiger partial charge in [0.2, 0.25) is 5.91 Å². The third kappa shape index (κ3) is 2.91. The van der Waals surface area contributed by atoms with Crippen molar-refractivity contribution in [2.24, 2.45) is 0 Å². The molecule has 0 saturated carbocycles. The molecule has 2 aromatic rings. The number of carbonyl (C=O) groups is 2. The molecule has 2 rings (SSSR count). The Morgan fingerprint density at radius 2 is 2.22 bits per heavy atom. The zero-order valence-electron chi connectivity index (χ0n) is 9.28. The number of nitrogens with one attached hydrogen (secondary N) is 1. The van der Waals surface area contributed by atoms with Gasteiger partial charge >= 0.3 is 5.97 Å². The maximum atomic E-state index is 11.6. The fourth-order valence-electron chi connectivity index (χ4n) is 1.37. The molecule has 18 heavy (non-hydrogen) atoms. The molecule has 1 amide bonds. The molecule has 0 radical (unpaired) electrons. The van der Waals surface area contributed by atoms with E-state index in [9.17, 15) is 9.59 Å². The number of rotatable bonds is 4. The number of carbonyl (C=O) groups excluding carboxylic acids is 1. The van der Waals surface area contributed by atoms with Crippen LogP contribution < -0.4 is 5.32 Å². The number of pyridine rings is 1. The van der Waals surface area contributed by atoms with E-state index in [0.717, 1.165) is 0 Å². The summed E-state index contributed by atoms with van der Waals surface area (Å²) in [5.74, 6) is -1.39. The minimum absolute atomic E-state index is 0.0203. The highest BCUT2D eigenvalue weighted by Crippen LogP contribution is 2.08. The molecule has 0 aliphatic heterocycles. The van der Waals surface area contributed by atoms with Crippen molar-refractivity contribution in [2.45, 2.75) is 6.54 Å². The summed E-state index contributed by atoms with van der Waals surface area (Å²) in [4.78, 5) is 26.1. The average Bonchev–Trinajstić information content (AvgIpc) is 2.82. The van der Waals surface area contributed by atoms with Crippen LogP contribution in [0.15, 0.2) is 36.9 Å². The molecule has 2 aromatic heterocycles. The van der Waals surface area contributed by atoms with Crippen LogP contribution in [0.4, 0.5) is 5.69 Å². The maximum absolute atomic E-state index is 11.6. The number of aromatic carboxylic acids is 1. The lowest BCUT2D eigenvalue weighted by Crippen LogP contribution is -2.19. The summed E-state index contributed by atoms with van der Waals surface area (Å²) in [6, 6.07) is 3.05. The SMILES string of the molecule is O=C(Cn1cccn1)Nc1cncc(C(=O)O)c1. The topological polar surface area (TPSA) is 97.1 Å². The van der Waals surface area contributed by atoms with Gasteiger partial charge in [-0.1, -0.05) is 0 Å². The first-order chi connectivity index (χ1) is 8.65. The van der Waals surface area contributed by atoms with Gasteiger partial charge in [0, 0.05) is 18.6 Å². The van der Waals surface area contributed by atoms with Crippen molar-refractivity contribution < 1.29 is 14.7 Å². The Morgan fingerprint density at radius 3 is 2.89 bits per heavy atom. The predicted octanol–water partition coefficient (Wildman–Crippen LogP) is 0.615. The van der Waals surface area contributed by atoms with Crippen molar-refractivity contribution in [3.8, 4) is 0 Å². The molecule has 0 bridgehead atoms. The normalized spacial score (nSPS) is 10.0. The molecule has 0 saturated heterocycles. The molecule has 7 heteroatoms. The molecule has 0 atom stereocenters. The Labute approximate surface area is 102 Å². The monoisotopic (exact) mass is 246 g/mol. The van der Waals surface area contributed by atoms with Gasteiger partial charge in [-0.2, -0.15) is 5.10 Å². The number of carboxylic acid groups (broad SMARTS) is 1. The molecule has 0 unspecified atom stereocenters. The van der Waals surface area contributed by atoms with E-state index in [1.807, 2.05) is 0 Å². The zero-order valence-corrected chi connectivity index (χ0v) is 9.28. The number of hydrogen-bond donors (Lipinski definition) is 2. The van der Waals surface area contributed by atoms with Crippen LogP contribution in [0.25, 0.3) is 0 Å². The van der Waals surface area contributed by atoms with Crippen molar-refractivity contribution in [1.82, 2.24) is 14.8 Å². The van der Waals surface area contributed by atoms with Crippen LogP contribution in [0.1, 0.15) is 10.4 Å². The number of carboxylic acids is 1. The first kappa shape index (κ1) is 11.8. The van der Waals surface area contributed by atoms with Gasteiger partial charge in [0.15, 0.2) is 0 Å². The first-order valence-corrected chi connectivity index (χ1v) is 5.11. The second-order valence-corrected chi connectivity index (χ2v) is 3.52. The Bertz CT molecular complexity index is 565. The second kappa shape index (κ2) is 5.09. The van der Waals surface area contributed by atoms with Crippen molar-refractivity contribution >= 4 is 17.6 Å². The van der Waals surface area contributed by atoms with Crippen molar-refractivity contribution in [1.29, 1.82) is 0 Å². The molecular formula is C11H10N4O3. The first-order valence-electron chi connectivity index (χ1n) is 5.11. The third-order valence-electron chi connectivity index (χ3n) is 2.13. The second-order valence-electron chi connectivity index (χ2n) is 3.52. The summed E-state index contributed by atoms with van der Waals surface area (Å²) >= 11 is 0. The summed E-state index contributed by atoms with van der Waals surface area (Å²) in [6.45, 7) is 0.0598. The lowest BCUT2D eigenvalue weighted by Gasteiger charge is -2.05. The van der Waals surface area contributed by atoms with Gasteiger partial charge in [-0.05, 0) is 12.1 Å². The van der Waals surface area contributed by atoms with Crippen LogP contribution >= 0.6 is 0 Å². The van der Waals surface area contributed by atoms with Crippen LogP contribution in [-0.2, 0) is 11.3 Å². The van der Waals surface area contributed by atoms with E-state index in [0.29, 0.717) is 5.69 Å². The molecule has 0 aromatic carbocycles. The maximum Gasteiger partial charge on any atom is 0.337 e. The molecular weight excluding hydrogens is 236 g/mol. The van der Waals surface area contributed by atoms with Crippen LogP contribution in [0.2, 0.25) is 0 Å². The highest BCUT2D eigenvalue weighted by atomic mass is 16.4. The van der Waals surface area contributed by atoms with Crippen molar-refractivity contribution in [2.75, 3.05) is 5.32 Å². The zero-order chi connectivity index (χ0) is 13.0. The molecule has 2 heterocycles. The van der Waals surface area contributed by atoms with E-state index in [2.05, 4.69) is 15.4 Å². The lowest BCUT2D eigenvalue weighted by atomic mass is 10.2. The molecule has 0 spiro atoms. The van der Waals surface area contributed by atoms with Gasteiger partial charge < -0.3 is 10.4 Å². The van der Waals surface area contributed by atoms with E-state index >= 15 is 0 Å². The summed E-state index contributed by atoms with van der Waals surface area (Å²) < 4.78 is 1.46. The molecule has 0 fully saturated rings. The van der Waals surface area contributed by atoms with Gasteiger partial charge in [-0.25, -0.2) is 4.79 Å². The lowest BCUT2D eigenvalue weighted by molar-refractivity contribution is -0.116. The molecule has 92 valence electrons. The smallest absolute Gasteiger partial charge is 0.337 e. The van der Waals surface area contributed by atoms with Gasteiger partial charge in [0.05, 0.1) is 17.4 Å². The third-order valence-corrected chi connectivity index (χ3v) is 2.13. The number of aromatic nitrogens is 3. The Hall–Kier alpha value is -2.70. The number of nitrogens with zero attached hydrogens (tertiary/aromatic N) is 3. The summed E-state index contributed by atoms with van der Waals surface area (Å²) in [6.07, 6.45) is 5.82. The standard InChI is InChI=1S/C11H10N4O3/c16-10(7-15-3-1-2-13-15)14-9-4-8(11(17)18)5-12-6-9/h1-6H,7H2,(H,14,16)(H,17,18). The van der Waals surface area contributed by atoms with E-state index in [4.69, 9.17) is 5.11 Å². The van der Waals surface area contributed by atoms with Gasteiger partial charge in [0.25, 0.3) is 0 Å². The summed E-state index contributed by atoms with van der Waals surface area (Å²) in [7, 11) is 0. The largest absolute Gasteiger partial charge is 0.478 e. The van der Waals surface area contributed by atoms with Gasteiger partial charge in [-0.3, -0.25) is 14.5 Å². The van der Waals surface area contributed by atoms with E-state index in [1.54, 1.807) is 18.5 Å². The average molecular weight is 246 g/mol. The predicted molar refractivity (Wildman–Crippen MR) is 62.1 cm³/mol. The highest BCUT2D eigenvalue weighted by Gasteiger charge is 2.07. The summed E-state index contributed by atoms with van der Waals surface area (Å²) in [5, 5.41) is 15.2. The van der Waals surface area contributed by atoms with Crippen LogP contribution in [0.5, 0.6) is 0 Å². The van der Waals surface area contributed by atoms with Gasteiger partial charge in [0.1, 0.15) is 6.54 Å². The van der Waals surface area contributed by atoms with Crippen LogP contribution in [-0.4, -0.2) is 31.7 Å². The van der Waals surface area contributed by atoms with Crippen molar-refractivity contribution in [3.05, 3.63) is 42.5 Å². The number of amides is 1. The molecule has 0 aliphatic rings. The molecule has 0 aliphatic carbocycles. The minimum Gasteiger partial charge on any atom is -0.478 e. The number of anilines is 1. The summed E-state index contributed by atoms with van der Waals surface area (Å²) in [5.41, 5.74) is 0.360. The highest BCUT2D eigenvalue weighted by molar-refractivity contribution is 5.93. The molecule has 2 N–H and O–H groups in total. The van der Waals surface area contributed by atoms with Crippen LogP contribution in [0, 0.1) is 0 Å². The molecule has 7 nitrogen and oxygen atoms in total. The number of hydrogen-bond acceptors (Lipinski definition) is 4. The fraction of sp³-hybridized carbons (Fsp3) is 0.0909. The van der Waals surface area contributed by atoms with E-state index in [1.165, 1.54) is 23.1 Å².